The summed E-state index contributed by atoms with van der Waals surface area (Å²) in [4.78, 5) is 10.7. The molecule has 0 saturated heterocycles. The number of aliphatic hydroxyl groups excluding tert-OH is 1. The van der Waals surface area contributed by atoms with E-state index in [0.717, 1.165) is 0 Å². The first-order valence-corrected chi connectivity index (χ1v) is 6.40. The minimum atomic E-state index is -3.37. The average Bonchev–Trinajstić information content (AvgIpc) is 2.17. The maximum Gasteiger partial charge on any atom is 0.335 e. The van der Waals surface area contributed by atoms with E-state index in [1.54, 1.807) is 6.07 Å². The Balaban J connectivity index is 2.90. The van der Waals surface area contributed by atoms with Crippen molar-refractivity contribution in [2.24, 2.45) is 0 Å². The molecule has 1 aromatic rings. The zero-order chi connectivity index (χ0) is 12.2. The van der Waals surface area contributed by atoms with Crippen LogP contribution in [0.1, 0.15) is 15.9 Å². The standard InChI is InChI=1S/C10H12O5S/c11-4-5-16(14,15)7-8-2-1-3-9(6-8)10(12)13/h1-3,6,11H,4-5,7H2,(H,12,13). The van der Waals surface area contributed by atoms with Gasteiger partial charge in [-0.3, -0.25) is 0 Å². The van der Waals surface area contributed by atoms with Gasteiger partial charge in [0, 0.05) is 0 Å². The Morgan fingerprint density at radius 3 is 2.56 bits per heavy atom. The summed E-state index contributed by atoms with van der Waals surface area (Å²) >= 11 is 0. The molecule has 0 atom stereocenters. The molecule has 6 heteroatoms. The summed E-state index contributed by atoms with van der Waals surface area (Å²) in [6.45, 7) is -0.430. The summed E-state index contributed by atoms with van der Waals surface area (Å²) in [7, 11) is -3.37. The molecule has 0 aliphatic carbocycles. The number of aliphatic hydroxyl groups is 1. The van der Waals surface area contributed by atoms with Gasteiger partial charge in [-0.25, -0.2) is 13.2 Å². The van der Waals surface area contributed by atoms with Crippen LogP contribution in [0, 0.1) is 0 Å². The van der Waals surface area contributed by atoms with Crippen molar-refractivity contribution in [2.45, 2.75) is 5.75 Å². The van der Waals surface area contributed by atoms with Crippen LogP contribution in [-0.4, -0.2) is 37.0 Å². The van der Waals surface area contributed by atoms with Crippen LogP contribution in [-0.2, 0) is 15.6 Å². The molecule has 0 spiro atoms. The second kappa shape index (κ2) is 5.09. The van der Waals surface area contributed by atoms with E-state index in [4.69, 9.17) is 10.2 Å². The summed E-state index contributed by atoms with van der Waals surface area (Å²) in [5, 5.41) is 17.3. The van der Waals surface area contributed by atoms with E-state index in [1.165, 1.54) is 18.2 Å². The zero-order valence-corrected chi connectivity index (χ0v) is 9.27. The maximum atomic E-state index is 11.4. The molecule has 0 unspecified atom stereocenters. The lowest BCUT2D eigenvalue weighted by atomic mass is 10.1. The van der Waals surface area contributed by atoms with Crippen molar-refractivity contribution in [3.8, 4) is 0 Å². The number of carboxylic acid groups (broad SMARTS) is 1. The molecule has 1 aromatic carbocycles. The molecule has 0 heterocycles. The molecule has 0 bridgehead atoms. The van der Waals surface area contributed by atoms with E-state index in [2.05, 4.69) is 0 Å². The smallest absolute Gasteiger partial charge is 0.335 e. The van der Waals surface area contributed by atoms with Crippen molar-refractivity contribution in [3.63, 3.8) is 0 Å². The quantitative estimate of drug-likeness (QED) is 0.776. The molecule has 0 amide bonds. The van der Waals surface area contributed by atoms with E-state index < -0.39 is 22.4 Å². The summed E-state index contributed by atoms with van der Waals surface area (Å²) < 4.78 is 22.7. The molecule has 16 heavy (non-hydrogen) atoms. The van der Waals surface area contributed by atoms with Gasteiger partial charge in [-0.15, -0.1) is 0 Å². The first-order chi connectivity index (χ1) is 7.44. The summed E-state index contributed by atoms with van der Waals surface area (Å²) in [5.41, 5.74) is 0.463. The molecule has 0 saturated carbocycles. The molecule has 0 fully saturated rings. The second-order valence-electron chi connectivity index (χ2n) is 3.32. The van der Waals surface area contributed by atoms with Crippen molar-refractivity contribution in [1.82, 2.24) is 0 Å². The van der Waals surface area contributed by atoms with Crippen LogP contribution < -0.4 is 0 Å². The lowest BCUT2D eigenvalue weighted by Crippen LogP contribution is -2.12. The highest BCUT2D eigenvalue weighted by molar-refractivity contribution is 7.90. The van der Waals surface area contributed by atoms with E-state index in [9.17, 15) is 13.2 Å². The van der Waals surface area contributed by atoms with Crippen LogP contribution in [0.25, 0.3) is 0 Å². The molecular weight excluding hydrogens is 232 g/mol. The Hall–Kier alpha value is -1.40. The molecule has 5 nitrogen and oxygen atoms in total. The maximum absolute atomic E-state index is 11.4. The highest BCUT2D eigenvalue weighted by Crippen LogP contribution is 2.09. The van der Waals surface area contributed by atoms with Crippen LogP contribution in [0.2, 0.25) is 0 Å². The normalized spacial score (nSPS) is 11.3. The third-order valence-electron chi connectivity index (χ3n) is 1.96. The number of carboxylic acids is 1. The van der Waals surface area contributed by atoms with Crippen molar-refractivity contribution < 1.29 is 23.4 Å². The van der Waals surface area contributed by atoms with E-state index in [0.29, 0.717) is 5.56 Å². The van der Waals surface area contributed by atoms with Crippen molar-refractivity contribution in [2.75, 3.05) is 12.4 Å². The Bertz CT molecular complexity index is 478. The van der Waals surface area contributed by atoms with Gasteiger partial charge in [0.25, 0.3) is 0 Å². The van der Waals surface area contributed by atoms with Gasteiger partial charge in [0.1, 0.15) is 0 Å². The predicted molar refractivity (Wildman–Crippen MR) is 58.0 cm³/mol. The molecule has 88 valence electrons. The number of carbonyl (C=O) groups is 1. The molecule has 0 aromatic heterocycles. The van der Waals surface area contributed by atoms with Crippen molar-refractivity contribution >= 4 is 15.8 Å². The predicted octanol–water partition coefficient (Wildman–Crippen LogP) is 0.292. The minimum absolute atomic E-state index is 0.0525. The Labute approximate surface area is 93.3 Å². The summed E-state index contributed by atoms with van der Waals surface area (Å²) in [6, 6.07) is 5.75. The van der Waals surface area contributed by atoms with Gasteiger partial charge in [0.2, 0.25) is 0 Å². The number of hydrogen-bond acceptors (Lipinski definition) is 4. The van der Waals surface area contributed by atoms with E-state index in [1.807, 2.05) is 0 Å². The van der Waals surface area contributed by atoms with Gasteiger partial charge >= 0.3 is 5.97 Å². The van der Waals surface area contributed by atoms with E-state index in [-0.39, 0.29) is 17.1 Å². The highest BCUT2D eigenvalue weighted by Gasteiger charge is 2.12. The van der Waals surface area contributed by atoms with Gasteiger partial charge in [-0.05, 0) is 17.7 Å². The first kappa shape index (κ1) is 12.7. The van der Waals surface area contributed by atoms with Crippen LogP contribution in [0.15, 0.2) is 24.3 Å². The van der Waals surface area contributed by atoms with Gasteiger partial charge in [-0.2, -0.15) is 0 Å². The number of sulfone groups is 1. The van der Waals surface area contributed by atoms with Crippen molar-refractivity contribution in [3.05, 3.63) is 35.4 Å². The Morgan fingerprint density at radius 2 is 2.00 bits per heavy atom. The second-order valence-corrected chi connectivity index (χ2v) is 5.51. The fourth-order valence-electron chi connectivity index (χ4n) is 1.26. The molecule has 0 aliphatic rings. The molecule has 2 N–H and O–H groups in total. The summed E-state index contributed by atoms with van der Waals surface area (Å²) in [6.07, 6.45) is 0. The van der Waals surface area contributed by atoms with Gasteiger partial charge < -0.3 is 10.2 Å². The van der Waals surface area contributed by atoms with Crippen LogP contribution in [0.5, 0.6) is 0 Å². The molecule has 1 rings (SSSR count). The molecule has 0 aliphatic heterocycles. The van der Waals surface area contributed by atoms with Gasteiger partial charge in [-0.1, -0.05) is 12.1 Å². The SMILES string of the molecule is O=C(O)c1cccc(CS(=O)(=O)CCO)c1. The van der Waals surface area contributed by atoms with Gasteiger partial charge in [0.05, 0.1) is 23.7 Å². The zero-order valence-electron chi connectivity index (χ0n) is 8.46. The van der Waals surface area contributed by atoms with Crippen LogP contribution in [0.4, 0.5) is 0 Å². The van der Waals surface area contributed by atoms with Crippen molar-refractivity contribution in [1.29, 1.82) is 0 Å². The Kier molecular flexibility index (Phi) is 4.03. The molecule has 0 radical (unpaired) electrons. The lowest BCUT2D eigenvalue weighted by Gasteiger charge is -2.03. The number of benzene rings is 1. The van der Waals surface area contributed by atoms with E-state index >= 15 is 0 Å². The molecular formula is C10H12O5S. The third kappa shape index (κ3) is 3.63. The largest absolute Gasteiger partial charge is 0.478 e. The lowest BCUT2D eigenvalue weighted by molar-refractivity contribution is 0.0696. The first-order valence-electron chi connectivity index (χ1n) is 4.58. The minimum Gasteiger partial charge on any atom is -0.478 e. The fourth-order valence-corrected chi connectivity index (χ4v) is 2.37. The highest BCUT2D eigenvalue weighted by atomic mass is 32.2. The van der Waals surface area contributed by atoms with Gasteiger partial charge in [0.15, 0.2) is 9.84 Å². The fraction of sp³-hybridized carbons (Fsp3) is 0.300. The number of hydrogen-bond donors (Lipinski definition) is 2. The monoisotopic (exact) mass is 244 g/mol. The topological polar surface area (TPSA) is 91.7 Å². The van der Waals surface area contributed by atoms with Crippen LogP contribution in [0.3, 0.4) is 0 Å². The third-order valence-corrected chi connectivity index (χ3v) is 3.54. The number of aromatic carboxylic acids is 1. The summed E-state index contributed by atoms with van der Waals surface area (Å²) in [5.74, 6) is -1.67. The van der Waals surface area contributed by atoms with Crippen LogP contribution >= 0.6 is 0 Å². The Morgan fingerprint density at radius 1 is 1.31 bits per heavy atom. The number of rotatable bonds is 5. The average molecular weight is 244 g/mol.